The normalized spacial score (nSPS) is 16.9. The maximum absolute atomic E-state index is 14.6. The Labute approximate surface area is 212 Å². The Balaban J connectivity index is 1.45. The predicted molar refractivity (Wildman–Crippen MR) is 143 cm³/mol. The van der Waals surface area contributed by atoms with E-state index in [0.29, 0.717) is 17.6 Å². The van der Waals surface area contributed by atoms with Crippen molar-refractivity contribution in [1.82, 2.24) is 0 Å². The van der Waals surface area contributed by atoms with Gasteiger partial charge in [0.15, 0.2) is 0 Å². The molecule has 3 heteroatoms. The lowest BCUT2D eigenvalue weighted by atomic mass is 9.75. The molecule has 2 fully saturated rings. The van der Waals surface area contributed by atoms with Gasteiger partial charge in [-0.25, -0.2) is 0 Å². The van der Waals surface area contributed by atoms with E-state index in [-0.39, 0.29) is 23.3 Å². The number of carbonyl (C=O) groups excluding carboxylic acids is 1. The van der Waals surface area contributed by atoms with Crippen LogP contribution >= 0.6 is 0 Å². The van der Waals surface area contributed by atoms with E-state index in [2.05, 4.69) is 24.3 Å². The minimum atomic E-state index is -0.175. The number of hydrogen-bond donors (Lipinski definition) is 2. The number of carbonyl (C=O) groups is 1. The topological polar surface area (TPSA) is 57.5 Å². The van der Waals surface area contributed by atoms with Gasteiger partial charge >= 0.3 is 0 Å². The summed E-state index contributed by atoms with van der Waals surface area (Å²) in [6.45, 7) is 0. The monoisotopic (exact) mass is 474 g/mol. The molecular formula is C33H30O3. The minimum absolute atomic E-state index is 0.175. The van der Waals surface area contributed by atoms with Crippen molar-refractivity contribution in [2.75, 3.05) is 0 Å². The Morgan fingerprint density at radius 1 is 0.583 bits per heavy atom. The standard InChI is InChI=1S/C33H30O3/c34-25-9-5-7-23(19-25)27-11-1-3-13-29(27)31(21-15-16-21)33(36)32(22-17-18-22)30-14-4-2-12-28(30)24-8-6-10-26(35)20-24/h1-14,19-22,31-32,34-35H,15-18H2. The predicted octanol–water partition coefficient (Wildman–Crippen LogP) is 7.69. The van der Waals surface area contributed by atoms with E-state index in [1.54, 1.807) is 24.3 Å². The van der Waals surface area contributed by atoms with Crippen LogP contribution in [0.15, 0.2) is 97.1 Å². The summed E-state index contributed by atoms with van der Waals surface area (Å²) in [4.78, 5) is 14.6. The zero-order valence-electron chi connectivity index (χ0n) is 20.2. The molecule has 0 radical (unpaired) electrons. The first-order valence-electron chi connectivity index (χ1n) is 12.9. The number of rotatable bonds is 8. The quantitative estimate of drug-likeness (QED) is 0.275. The first-order valence-corrected chi connectivity index (χ1v) is 12.9. The molecule has 2 atom stereocenters. The zero-order chi connectivity index (χ0) is 24.6. The summed E-state index contributed by atoms with van der Waals surface area (Å²) in [6.07, 6.45) is 4.26. The van der Waals surface area contributed by atoms with Crippen molar-refractivity contribution >= 4 is 5.78 Å². The first kappa shape index (κ1) is 22.6. The van der Waals surface area contributed by atoms with Crippen LogP contribution < -0.4 is 0 Å². The van der Waals surface area contributed by atoms with Crippen LogP contribution in [0.25, 0.3) is 22.3 Å². The second-order valence-corrected chi connectivity index (χ2v) is 10.3. The molecule has 2 N–H and O–H groups in total. The van der Waals surface area contributed by atoms with Crippen LogP contribution in [0.5, 0.6) is 11.5 Å². The van der Waals surface area contributed by atoms with Crippen LogP contribution in [0.2, 0.25) is 0 Å². The Kier molecular flexibility index (Phi) is 5.85. The van der Waals surface area contributed by atoms with Crippen molar-refractivity contribution in [1.29, 1.82) is 0 Å². The molecule has 2 aliphatic carbocycles. The van der Waals surface area contributed by atoms with Crippen molar-refractivity contribution < 1.29 is 15.0 Å². The van der Waals surface area contributed by atoms with E-state index in [1.807, 2.05) is 48.5 Å². The van der Waals surface area contributed by atoms with Gasteiger partial charge in [0.1, 0.15) is 17.3 Å². The molecule has 0 heterocycles. The lowest BCUT2D eigenvalue weighted by molar-refractivity contribution is -0.122. The molecule has 180 valence electrons. The molecule has 4 aromatic rings. The van der Waals surface area contributed by atoms with Gasteiger partial charge in [0.2, 0.25) is 0 Å². The van der Waals surface area contributed by atoms with E-state index in [1.165, 1.54) is 0 Å². The van der Waals surface area contributed by atoms with Crippen molar-refractivity contribution in [3.05, 3.63) is 108 Å². The smallest absolute Gasteiger partial charge is 0.148 e. The summed E-state index contributed by atoms with van der Waals surface area (Å²) < 4.78 is 0. The highest BCUT2D eigenvalue weighted by Crippen LogP contribution is 2.53. The SMILES string of the molecule is O=C(C(c1ccccc1-c1cccc(O)c1)C1CC1)C(c1ccccc1-c1cccc(O)c1)C1CC1. The maximum atomic E-state index is 14.6. The van der Waals surface area contributed by atoms with Crippen LogP contribution in [0.4, 0.5) is 0 Å². The molecule has 4 aromatic carbocycles. The van der Waals surface area contributed by atoms with Crippen LogP contribution in [-0.4, -0.2) is 16.0 Å². The maximum Gasteiger partial charge on any atom is 0.148 e. The van der Waals surface area contributed by atoms with Gasteiger partial charge in [0, 0.05) is 11.8 Å². The van der Waals surface area contributed by atoms with Crippen molar-refractivity contribution in [2.45, 2.75) is 37.5 Å². The summed E-state index contributed by atoms with van der Waals surface area (Å²) in [6, 6.07) is 31.0. The average molecular weight is 475 g/mol. The van der Waals surface area contributed by atoms with Crippen LogP contribution in [0.1, 0.15) is 48.6 Å². The lowest BCUT2D eigenvalue weighted by Gasteiger charge is -2.27. The first-order chi connectivity index (χ1) is 17.6. The number of benzene rings is 4. The molecule has 3 nitrogen and oxygen atoms in total. The van der Waals surface area contributed by atoms with Crippen LogP contribution in [-0.2, 0) is 4.79 Å². The van der Waals surface area contributed by atoms with Gasteiger partial charge in [0.25, 0.3) is 0 Å². The summed E-state index contributed by atoms with van der Waals surface area (Å²) >= 11 is 0. The number of aromatic hydroxyl groups is 2. The second kappa shape index (κ2) is 9.31. The third kappa shape index (κ3) is 4.42. The molecule has 36 heavy (non-hydrogen) atoms. The fourth-order valence-electron chi connectivity index (χ4n) is 5.74. The highest BCUT2D eigenvalue weighted by molar-refractivity contribution is 5.96. The molecular weight excluding hydrogens is 444 g/mol. The van der Waals surface area contributed by atoms with Gasteiger partial charge in [-0.3, -0.25) is 4.79 Å². The second-order valence-electron chi connectivity index (χ2n) is 10.3. The van der Waals surface area contributed by atoms with Gasteiger partial charge < -0.3 is 10.2 Å². The summed E-state index contributed by atoms with van der Waals surface area (Å²) in [5.41, 5.74) is 6.05. The summed E-state index contributed by atoms with van der Waals surface area (Å²) in [5.74, 6) is 1.12. The summed E-state index contributed by atoms with van der Waals surface area (Å²) in [7, 11) is 0. The molecule has 6 rings (SSSR count). The number of ketones is 1. The molecule has 2 aliphatic rings. The average Bonchev–Trinajstić information content (AvgIpc) is 3.81. The van der Waals surface area contributed by atoms with Crippen molar-refractivity contribution in [2.24, 2.45) is 11.8 Å². The van der Waals surface area contributed by atoms with Gasteiger partial charge in [-0.05, 0) is 95.2 Å². The van der Waals surface area contributed by atoms with Crippen molar-refractivity contribution in [3.8, 4) is 33.8 Å². The Morgan fingerprint density at radius 3 is 1.39 bits per heavy atom. The highest BCUT2D eigenvalue weighted by Gasteiger charge is 2.46. The number of hydrogen-bond acceptors (Lipinski definition) is 3. The lowest BCUT2D eigenvalue weighted by Crippen LogP contribution is -2.25. The highest BCUT2D eigenvalue weighted by atomic mass is 16.3. The van der Waals surface area contributed by atoms with Crippen LogP contribution in [0.3, 0.4) is 0 Å². The van der Waals surface area contributed by atoms with Crippen LogP contribution in [0, 0.1) is 11.8 Å². The van der Waals surface area contributed by atoms with Crippen molar-refractivity contribution in [3.63, 3.8) is 0 Å². The minimum Gasteiger partial charge on any atom is -0.508 e. The fraction of sp³-hybridized carbons (Fsp3) is 0.242. The van der Waals surface area contributed by atoms with E-state index in [9.17, 15) is 15.0 Å². The molecule has 0 aromatic heterocycles. The van der Waals surface area contributed by atoms with E-state index in [4.69, 9.17) is 0 Å². The number of phenols is 2. The molecule has 0 saturated heterocycles. The molecule has 0 aliphatic heterocycles. The third-order valence-corrected chi connectivity index (χ3v) is 7.71. The van der Waals surface area contributed by atoms with Gasteiger partial charge in [-0.2, -0.15) is 0 Å². The Bertz CT molecular complexity index is 1310. The van der Waals surface area contributed by atoms with Gasteiger partial charge in [-0.1, -0.05) is 72.8 Å². The molecule has 2 saturated carbocycles. The van der Waals surface area contributed by atoms with E-state index in [0.717, 1.165) is 59.1 Å². The largest absolute Gasteiger partial charge is 0.508 e. The van der Waals surface area contributed by atoms with Gasteiger partial charge in [-0.15, -0.1) is 0 Å². The van der Waals surface area contributed by atoms with E-state index >= 15 is 0 Å². The molecule has 0 spiro atoms. The van der Waals surface area contributed by atoms with E-state index < -0.39 is 0 Å². The molecule has 0 bridgehead atoms. The molecule has 0 amide bonds. The zero-order valence-corrected chi connectivity index (χ0v) is 20.2. The van der Waals surface area contributed by atoms with Gasteiger partial charge in [0.05, 0.1) is 0 Å². The Hall–Kier alpha value is -3.85. The number of phenolic OH excluding ortho intramolecular Hbond substituents is 2. The third-order valence-electron chi connectivity index (χ3n) is 7.71. The Morgan fingerprint density at radius 2 is 1.00 bits per heavy atom. The molecule has 2 unspecified atom stereocenters. The number of Topliss-reactive ketones (excluding diaryl/α,β-unsaturated/α-hetero) is 1. The fourth-order valence-corrected chi connectivity index (χ4v) is 5.74. The summed E-state index contributed by atoms with van der Waals surface area (Å²) in [5, 5.41) is 20.3.